The quantitative estimate of drug-likeness (QED) is 0.100. The maximum atomic E-state index is 14.9. The molecule has 0 saturated carbocycles. The predicted molar refractivity (Wildman–Crippen MR) is 215 cm³/mol. The lowest BCUT2D eigenvalue weighted by molar-refractivity contribution is -0.124. The number of thiophene rings is 2. The third kappa shape index (κ3) is 7.85. The van der Waals surface area contributed by atoms with Gasteiger partial charge < -0.3 is 21.3 Å². The van der Waals surface area contributed by atoms with Crippen molar-refractivity contribution in [2.45, 2.75) is 91.6 Å². The molecule has 4 aromatic rings. The highest BCUT2D eigenvalue weighted by molar-refractivity contribution is 7.17. The first-order chi connectivity index (χ1) is 24.9. The lowest BCUT2D eigenvalue weighted by Crippen LogP contribution is -2.33. The molecule has 51 heavy (non-hydrogen) atoms. The predicted octanol–water partition coefficient (Wildman–Crippen LogP) is 10.1. The van der Waals surface area contributed by atoms with Gasteiger partial charge in [0, 0.05) is 35.9 Å². The van der Waals surface area contributed by atoms with E-state index in [0.29, 0.717) is 43.2 Å². The summed E-state index contributed by atoms with van der Waals surface area (Å²) in [6, 6.07) is 25.1. The van der Waals surface area contributed by atoms with Crippen LogP contribution in [0.4, 0.5) is 0 Å². The number of unbranched alkanes of at least 4 members (excludes halogenated alkanes) is 5. The third-order valence-corrected chi connectivity index (χ3v) is 12.6. The smallest absolute Gasteiger partial charge is 0.261 e. The molecular formula is C43H52N4O2S2. The van der Waals surface area contributed by atoms with E-state index in [0.717, 1.165) is 98.1 Å². The molecule has 2 aliphatic rings. The number of fused-ring (bicyclic) bond motifs is 1. The summed E-state index contributed by atoms with van der Waals surface area (Å²) in [6.07, 6.45) is 9.74. The summed E-state index contributed by atoms with van der Waals surface area (Å²) >= 11 is 3.30. The van der Waals surface area contributed by atoms with Crippen molar-refractivity contribution < 1.29 is 9.59 Å². The highest BCUT2D eigenvalue weighted by atomic mass is 32.1. The zero-order valence-corrected chi connectivity index (χ0v) is 32.0. The molecule has 0 bridgehead atoms. The van der Waals surface area contributed by atoms with Crippen molar-refractivity contribution in [2.24, 2.45) is 17.4 Å². The van der Waals surface area contributed by atoms with Gasteiger partial charge >= 0.3 is 0 Å². The molecule has 4 heterocycles. The average Bonchev–Trinajstić information content (AvgIpc) is 3.96. The number of nitrogens with zero attached hydrogens (tertiary/aromatic N) is 2. The van der Waals surface area contributed by atoms with Gasteiger partial charge in [-0.25, -0.2) is 0 Å². The minimum absolute atomic E-state index is 0.0451. The number of rotatable bonds is 18. The van der Waals surface area contributed by atoms with Gasteiger partial charge in [0.25, 0.3) is 11.8 Å². The molecule has 0 spiro atoms. The van der Waals surface area contributed by atoms with Gasteiger partial charge in [-0.15, -0.1) is 22.7 Å². The van der Waals surface area contributed by atoms with E-state index in [1.807, 2.05) is 9.80 Å². The molecule has 268 valence electrons. The average molecular weight is 721 g/mol. The normalized spacial score (nSPS) is 15.2. The van der Waals surface area contributed by atoms with Crippen LogP contribution in [0.15, 0.2) is 83.9 Å². The van der Waals surface area contributed by atoms with Crippen LogP contribution in [0.3, 0.4) is 0 Å². The standard InChI is InChI=1S/C43H52N4O2S2/c1-4-7-9-10-11-25-46-40(36-23-21-34(50-36)32-17-13-30(26-44)14-18-32)38-39(42(46)48)41(47(43(38)49)28-29(6-3)12-8-5-2)37-24-22-35(51-37)33-19-15-31(27-45)16-20-33/h13-24,29H,4-12,25-28,44-45H2,1-3H3. The van der Waals surface area contributed by atoms with Gasteiger partial charge in [0.2, 0.25) is 0 Å². The third-order valence-electron chi connectivity index (χ3n) is 10.3. The summed E-state index contributed by atoms with van der Waals surface area (Å²) in [5.41, 5.74) is 18.8. The van der Waals surface area contributed by atoms with Crippen LogP contribution in [-0.2, 0) is 22.7 Å². The Kier molecular flexibility index (Phi) is 12.4. The molecule has 2 aliphatic heterocycles. The van der Waals surface area contributed by atoms with Crippen LogP contribution in [-0.4, -0.2) is 34.7 Å². The van der Waals surface area contributed by atoms with E-state index < -0.39 is 0 Å². The van der Waals surface area contributed by atoms with Crippen LogP contribution in [0.1, 0.15) is 99.4 Å². The Morgan fingerprint density at radius 2 is 1.04 bits per heavy atom. The van der Waals surface area contributed by atoms with Gasteiger partial charge in [-0.3, -0.25) is 9.59 Å². The number of carbonyl (C=O) groups excluding carboxylic acids is 2. The molecule has 2 aromatic heterocycles. The molecule has 0 fully saturated rings. The molecule has 4 N–H and O–H groups in total. The van der Waals surface area contributed by atoms with Crippen molar-refractivity contribution in [1.29, 1.82) is 0 Å². The van der Waals surface area contributed by atoms with Crippen LogP contribution in [0, 0.1) is 5.92 Å². The zero-order chi connectivity index (χ0) is 35.9. The number of nitrogens with two attached hydrogens (primary N) is 2. The summed E-state index contributed by atoms with van der Waals surface area (Å²) in [4.78, 5) is 37.7. The van der Waals surface area contributed by atoms with Crippen molar-refractivity contribution in [3.8, 4) is 20.9 Å². The molecule has 2 amide bonds. The highest BCUT2D eigenvalue weighted by Gasteiger charge is 2.49. The summed E-state index contributed by atoms with van der Waals surface area (Å²) in [6.45, 7) is 8.85. The van der Waals surface area contributed by atoms with Crippen LogP contribution < -0.4 is 11.5 Å². The number of carbonyl (C=O) groups is 2. The first kappa shape index (κ1) is 37.0. The highest BCUT2D eigenvalue weighted by Crippen LogP contribution is 2.50. The maximum Gasteiger partial charge on any atom is 0.261 e. The van der Waals surface area contributed by atoms with Crippen LogP contribution in [0.5, 0.6) is 0 Å². The second kappa shape index (κ2) is 17.1. The van der Waals surface area contributed by atoms with E-state index in [1.165, 1.54) is 12.8 Å². The SMILES string of the molecule is CCCCCCCN1C(=O)C2=C(c3ccc(-c4ccc(CN)cc4)s3)N(CC(CC)CCCC)C(=O)C2=C1c1ccc(-c2ccc(CN)cc2)s1. The second-order valence-corrected chi connectivity index (χ2v) is 15.9. The Labute approximate surface area is 311 Å². The van der Waals surface area contributed by atoms with Crippen molar-refractivity contribution in [2.75, 3.05) is 13.1 Å². The molecule has 6 nitrogen and oxygen atoms in total. The van der Waals surface area contributed by atoms with Crippen molar-refractivity contribution >= 4 is 45.9 Å². The molecule has 8 heteroatoms. The first-order valence-electron chi connectivity index (χ1n) is 18.8. The number of amides is 2. The van der Waals surface area contributed by atoms with Crippen molar-refractivity contribution in [3.05, 3.63) is 105 Å². The Bertz CT molecular complexity index is 1880. The van der Waals surface area contributed by atoms with Crippen molar-refractivity contribution in [1.82, 2.24) is 9.80 Å². The van der Waals surface area contributed by atoms with Gasteiger partial charge in [-0.2, -0.15) is 0 Å². The lowest BCUT2D eigenvalue weighted by Gasteiger charge is -2.27. The maximum absolute atomic E-state index is 14.9. The van der Waals surface area contributed by atoms with E-state index in [-0.39, 0.29) is 11.8 Å². The molecule has 1 atom stereocenters. The molecule has 0 radical (unpaired) electrons. The summed E-state index contributed by atoms with van der Waals surface area (Å²) in [5, 5.41) is 0. The Morgan fingerprint density at radius 1 is 0.569 bits per heavy atom. The minimum atomic E-state index is -0.0487. The molecule has 1 unspecified atom stereocenters. The van der Waals surface area contributed by atoms with Crippen LogP contribution in [0.25, 0.3) is 32.3 Å². The largest absolute Gasteiger partial charge is 0.326 e. The number of benzene rings is 2. The fourth-order valence-corrected chi connectivity index (χ4v) is 9.34. The Hall–Kier alpha value is -3.82. The van der Waals surface area contributed by atoms with E-state index in [1.54, 1.807) is 22.7 Å². The van der Waals surface area contributed by atoms with E-state index in [2.05, 4.69) is 93.6 Å². The van der Waals surface area contributed by atoms with Gasteiger partial charge in [-0.1, -0.05) is 114 Å². The second-order valence-electron chi connectivity index (χ2n) is 13.8. The van der Waals surface area contributed by atoms with E-state index >= 15 is 0 Å². The van der Waals surface area contributed by atoms with Gasteiger partial charge in [-0.05, 0) is 65.3 Å². The Morgan fingerprint density at radius 3 is 1.53 bits per heavy atom. The van der Waals surface area contributed by atoms with Gasteiger partial charge in [0.1, 0.15) is 0 Å². The summed E-state index contributed by atoms with van der Waals surface area (Å²) < 4.78 is 0. The zero-order valence-electron chi connectivity index (χ0n) is 30.4. The topological polar surface area (TPSA) is 92.7 Å². The van der Waals surface area contributed by atoms with E-state index in [9.17, 15) is 9.59 Å². The molecule has 2 aromatic carbocycles. The fourth-order valence-electron chi connectivity index (χ4n) is 7.20. The number of hydrogen-bond acceptors (Lipinski definition) is 6. The monoisotopic (exact) mass is 720 g/mol. The Balaban J connectivity index is 1.47. The minimum Gasteiger partial charge on any atom is -0.326 e. The lowest BCUT2D eigenvalue weighted by atomic mass is 9.98. The fraction of sp³-hybridized carbons (Fsp3) is 0.395. The summed E-state index contributed by atoms with van der Waals surface area (Å²) in [5.74, 6) is 0.258. The molecule has 6 rings (SSSR count). The van der Waals surface area contributed by atoms with Crippen molar-refractivity contribution in [3.63, 3.8) is 0 Å². The molecule has 0 aliphatic carbocycles. The van der Waals surface area contributed by atoms with Gasteiger partial charge in [0.15, 0.2) is 0 Å². The van der Waals surface area contributed by atoms with E-state index in [4.69, 9.17) is 11.5 Å². The molecular weight excluding hydrogens is 669 g/mol. The molecule has 0 saturated heterocycles. The number of hydrogen-bond donors (Lipinski definition) is 2. The van der Waals surface area contributed by atoms with Crippen LogP contribution >= 0.6 is 22.7 Å². The first-order valence-corrected chi connectivity index (χ1v) is 20.5. The van der Waals surface area contributed by atoms with Gasteiger partial charge in [0.05, 0.1) is 32.3 Å². The summed E-state index contributed by atoms with van der Waals surface area (Å²) in [7, 11) is 0. The van der Waals surface area contributed by atoms with Crippen LogP contribution in [0.2, 0.25) is 0 Å².